The van der Waals surface area contributed by atoms with E-state index in [0.717, 1.165) is 116 Å². The van der Waals surface area contributed by atoms with Crippen molar-refractivity contribution in [1.82, 2.24) is 0 Å². The number of rotatable bonds is 58. The molecule has 19 heteroatoms. The number of phosphoric acid groups is 2. The summed E-state index contributed by atoms with van der Waals surface area (Å²) < 4.78 is 67.4. The molecule has 77 heavy (non-hydrogen) atoms. The second-order valence-corrected chi connectivity index (χ2v) is 24.4. The zero-order chi connectivity index (χ0) is 57.1. The molecule has 17 nitrogen and oxygen atoms in total. The van der Waals surface area contributed by atoms with E-state index in [1.54, 1.807) is 0 Å². The maximum absolute atomic E-state index is 12.9. The van der Waals surface area contributed by atoms with Crippen molar-refractivity contribution in [2.24, 2.45) is 5.92 Å². The van der Waals surface area contributed by atoms with Crippen LogP contribution in [0, 0.1) is 5.92 Å². The molecule has 0 aliphatic carbocycles. The molecule has 0 saturated heterocycles. The minimum absolute atomic E-state index is 0.103. The van der Waals surface area contributed by atoms with Crippen molar-refractivity contribution in [2.75, 3.05) is 39.6 Å². The fourth-order valence-corrected chi connectivity index (χ4v) is 10.1. The first-order chi connectivity index (χ1) is 37.0. The minimum Gasteiger partial charge on any atom is -0.462 e. The third kappa shape index (κ3) is 53.2. The highest BCUT2D eigenvalue weighted by Gasteiger charge is 2.30. The van der Waals surface area contributed by atoms with E-state index >= 15 is 0 Å². The molecule has 0 aromatic rings. The summed E-state index contributed by atoms with van der Waals surface area (Å²) in [4.78, 5) is 71.5. The molecule has 0 rings (SSSR count). The van der Waals surface area contributed by atoms with Crippen molar-refractivity contribution < 1.29 is 80.2 Å². The Bertz CT molecular complexity index is 1520. The lowest BCUT2D eigenvalue weighted by Crippen LogP contribution is -2.30. The highest BCUT2D eigenvalue weighted by molar-refractivity contribution is 7.47. The lowest BCUT2D eigenvalue weighted by Gasteiger charge is -2.21. The van der Waals surface area contributed by atoms with Crippen LogP contribution in [0.1, 0.15) is 285 Å². The van der Waals surface area contributed by atoms with Crippen molar-refractivity contribution in [3.8, 4) is 0 Å². The zero-order valence-electron chi connectivity index (χ0n) is 49.1. The number of hydrogen-bond donors (Lipinski definition) is 3. The SMILES string of the molecule is CCCCCCCCCCCCCCCCCC(=O)O[C@H](COC(=O)CCCCCCCCCC(C)C)COP(=O)(O)OC[C@@H](O)COP(=O)(O)OC[C@@H](COC(=O)CCCCCCC)OC(=O)CCCCCCCCC. The van der Waals surface area contributed by atoms with Crippen LogP contribution in [0.2, 0.25) is 0 Å². The van der Waals surface area contributed by atoms with Gasteiger partial charge in [0.2, 0.25) is 0 Å². The Hall–Kier alpha value is -1.94. The third-order valence-electron chi connectivity index (χ3n) is 13.3. The molecule has 0 heterocycles. The van der Waals surface area contributed by atoms with Crippen molar-refractivity contribution >= 4 is 39.5 Å². The molecular formula is C58H112O17P2. The molecular weight excluding hydrogens is 1030 g/mol. The lowest BCUT2D eigenvalue weighted by molar-refractivity contribution is -0.161. The first kappa shape index (κ1) is 75.1. The first-order valence-electron chi connectivity index (χ1n) is 30.6. The van der Waals surface area contributed by atoms with Gasteiger partial charge in [0.25, 0.3) is 0 Å². The van der Waals surface area contributed by atoms with Crippen molar-refractivity contribution in [2.45, 2.75) is 303 Å². The summed E-state index contributed by atoms with van der Waals surface area (Å²) in [5.74, 6) is -1.45. The Kier molecular flexibility index (Phi) is 50.8. The van der Waals surface area contributed by atoms with Crippen molar-refractivity contribution in [3.05, 3.63) is 0 Å². The van der Waals surface area contributed by atoms with Crippen LogP contribution in [-0.4, -0.2) is 96.7 Å². The van der Waals surface area contributed by atoms with Crippen LogP contribution < -0.4 is 0 Å². The molecule has 0 fully saturated rings. The van der Waals surface area contributed by atoms with E-state index in [9.17, 15) is 43.2 Å². The monoisotopic (exact) mass is 1140 g/mol. The Morgan fingerprint density at radius 2 is 0.597 bits per heavy atom. The van der Waals surface area contributed by atoms with Gasteiger partial charge >= 0.3 is 39.5 Å². The van der Waals surface area contributed by atoms with E-state index in [1.165, 1.54) is 83.5 Å². The molecule has 0 saturated carbocycles. The normalized spacial score (nSPS) is 14.4. The Labute approximate surface area is 467 Å². The molecule has 0 aliphatic heterocycles. The van der Waals surface area contributed by atoms with Crippen LogP contribution in [0.25, 0.3) is 0 Å². The summed E-state index contributed by atoms with van der Waals surface area (Å²) in [5, 5.41) is 10.5. The molecule has 0 bridgehead atoms. The van der Waals surface area contributed by atoms with Crippen LogP contribution in [0.4, 0.5) is 0 Å². The van der Waals surface area contributed by atoms with E-state index in [-0.39, 0.29) is 25.7 Å². The van der Waals surface area contributed by atoms with Crippen LogP contribution in [0.5, 0.6) is 0 Å². The van der Waals surface area contributed by atoms with Gasteiger partial charge in [0.05, 0.1) is 26.4 Å². The Morgan fingerprint density at radius 3 is 0.883 bits per heavy atom. The lowest BCUT2D eigenvalue weighted by atomic mass is 10.0. The molecule has 0 aromatic heterocycles. The topological polar surface area (TPSA) is 237 Å². The zero-order valence-corrected chi connectivity index (χ0v) is 50.9. The highest BCUT2D eigenvalue weighted by atomic mass is 31.2. The third-order valence-corrected chi connectivity index (χ3v) is 15.2. The van der Waals surface area contributed by atoms with Crippen molar-refractivity contribution in [1.29, 1.82) is 0 Å². The number of aliphatic hydroxyl groups excluding tert-OH is 1. The summed E-state index contributed by atoms with van der Waals surface area (Å²) in [6, 6.07) is 0. The summed E-state index contributed by atoms with van der Waals surface area (Å²) in [5.41, 5.74) is 0. The summed E-state index contributed by atoms with van der Waals surface area (Å²) in [7, 11) is -9.86. The van der Waals surface area contributed by atoms with Gasteiger partial charge in [-0.25, -0.2) is 9.13 Å². The Balaban J connectivity index is 5.15. The fourth-order valence-electron chi connectivity index (χ4n) is 8.52. The summed E-state index contributed by atoms with van der Waals surface area (Å²) in [6.45, 7) is 6.96. The van der Waals surface area contributed by atoms with E-state index in [4.69, 9.17) is 37.0 Å². The molecule has 0 aliphatic rings. The molecule has 0 spiro atoms. The average Bonchev–Trinajstić information content (AvgIpc) is 3.39. The van der Waals surface area contributed by atoms with Gasteiger partial charge in [-0.1, -0.05) is 234 Å². The second kappa shape index (κ2) is 52.2. The number of esters is 4. The Morgan fingerprint density at radius 1 is 0.351 bits per heavy atom. The van der Waals surface area contributed by atoms with E-state index in [1.807, 2.05) is 0 Å². The van der Waals surface area contributed by atoms with Gasteiger partial charge in [0.15, 0.2) is 12.2 Å². The molecule has 0 radical (unpaired) electrons. The largest absolute Gasteiger partial charge is 0.472 e. The summed E-state index contributed by atoms with van der Waals surface area (Å²) >= 11 is 0. The predicted molar refractivity (Wildman–Crippen MR) is 303 cm³/mol. The molecule has 0 aromatic carbocycles. The molecule has 2 unspecified atom stereocenters. The molecule has 456 valence electrons. The van der Waals surface area contributed by atoms with Crippen LogP contribution in [0.3, 0.4) is 0 Å². The number of unbranched alkanes of at least 4 members (excludes halogenated alkanes) is 30. The van der Waals surface area contributed by atoms with Gasteiger partial charge in [0, 0.05) is 25.7 Å². The van der Waals surface area contributed by atoms with Crippen LogP contribution in [-0.2, 0) is 65.4 Å². The maximum atomic E-state index is 12.9. The number of carbonyl (C=O) groups excluding carboxylic acids is 4. The van der Waals surface area contributed by atoms with E-state index in [2.05, 4.69) is 34.6 Å². The first-order valence-corrected chi connectivity index (χ1v) is 33.6. The summed E-state index contributed by atoms with van der Waals surface area (Å²) in [6.07, 6.45) is 34.0. The van der Waals surface area contributed by atoms with Gasteiger partial charge in [-0.2, -0.15) is 0 Å². The minimum atomic E-state index is -4.94. The fraction of sp³-hybridized carbons (Fsp3) is 0.931. The van der Waals surface area contributed by atoms with Gasteiger partial charge < -0.3 is 33.8 Å². The number of carbonyl (C=O) groups is 4. The van der Waals surface area contributed by atoms with Crippen molar-refractivity contribution in [3.63, 3.8) is 0 Å². The van der Waals surface area contributed by atoms with Crippen LogP contribution >= 0.6 is 15.6 Å². The quantitative estimate of drug-likeness (QED) is 0.0222. The van der Waals surface area contributed by atoms with Gasteiger partial charge in [0.1, 0.15) is 19.3 Å². The number of ether oxygens (including phenoxy) is 4. The number of aliphatic hydroxyl groups is 1. The number of hydrogen-bond acceptors (Lipinski definition) is 15. The number of phosphoric ester groups is 2. The van der Waals surface area contributed by atoms with E-state index in [0.29, 0.717) is 31.6 Å². The average molecular weight is 1140 g/mol. The molecule has 3 N–H and O–H groups in total. The smallest absolute Gasteiger partial charge is 0.462 e. The highest BCUT2D eigenvalue weighted by Crippen LogP contribution is 2.45. The van der Waals surface area contributed by atoms with E-state index < -0.39 is 97.5 Å². The van der Waals surface area contributed by atoms with Gasteiger partial charge in [-0.05, 0) is 31.6 Å². The van der Waals surface area contributed by atoms with Crippen LogP contribution in [0.15, 0.2) is 0 Å². The van der Waals surface area contributed by atoms with Gasteiger partial charge in [-0.15, -0.1) is 0 Å². The van der Waals surface area contributed by atoms with Gasteiger partial charge in [-0.3, -0.25) is 37.3 Å². The predicted octanol–water partition coefficient (Wildman–Crippen LogP) is 15.5. The standard InChI is InChI=1S/C58H112O17P2/c1-6-9-12-15-17-18-19-20-21-22-23-24-28-34-39-44-58(63)75-54(48-69-56(61)42-37-32-29-25-27-31-35-40-51(4)5)50-73-77(66,67)71-46-52(59)45-70-76(64,65)72-49-53(47-68-55(60)41-36-30-14-11-8-3)74-57(62)43-38-33-26-16-13-10-7-2/h51-54,59H,6-50H2,1-5H3,(H,64,65)(H,66,67)/t52-,53+,54+/m0/s1. The molecule has 0 amide bonds. The second-order valence-electron chi connectivity index (χ2n) is 21.5. The maximum Gasteiger partial charge on any atom is 0.472 e. The molecule has 5 atom stereocenters.